The van der Waals surface area contributed by atoms with Gasteiger partial charge in [0.05, 0.1) is 0 Å². The van der Waals surface area contributed by atoms with Crippen molar-refractivity contribution >= 4 is 0 Å². The van der Waals surface area contributed by atoms with Crippen molar-refractivity contribution < 1.29 is 4.39 Å². The fourth-order valence-corrected chi connectivity index (χ4v) is 2.15. The molecule has 1 unspecified atom stereocenters. The van der Waals surface area contributed by atoms with Crippen molar-refractivity contribution in [3.63, 3.8) is 0 Å². The number of rotatable bonds is 5. The number of hydrogen-bond donors (Lipinski definition) is 1. The monoisotopic (exact) mass is 257 g/mol. The van der Waals surface area contributed by atoms with Crippen LogP contribution in [0, 0.1) is 5.82 Å². The lowest BCUT2D eigenvalue weighted by Gasteiger charge is -2.18. The van der Waals surface area contributed by atoms with Gasteiger partial charge in [0, 0.05) is 12.6 Å². The van der Waals surface area contributed by atoms with E-state index in [9.17, 15) is 4.39 Å². The first kappa shape index (κ1) is 13.8. The highest BCUT2D eigenvalue weighted by Crippen LogP contribution is 2.17. The molecule has 100 valence electrons. The lowest BCUT2D eigenvalue weighted by atomic mass is 10.0. The second kappa shape index (κ2) is 6.48. The van der Waals surface area contributed by atoms with E-state index in [1.807, 2.05) is 12.1 Å². The molecule has 0 aliphatic carbocycles. The SMILES string of the molecule is CC(CN[C@@H](C)c1cccc(F)c1)c1ccccc1. The molecule has 0 aromatic heterocycles. The van der Waals surface area contributed by atoms with Crippen molar-refractivity contribution in [2.24, 2.45) is 0 Å². The first-order chi connectivity index (χ1) is 9.16. The van der Waals surface area contributed by atoms with Crippen LogP contribution in [-0.2, 0) is 0 Å². The lowest BCUT2D eigenvalue weighted by molar-refractivity contribution is 0.533. The molecular formula is C17H20FN. The molecule has 2 rings (SSSR count). The third kappa shape index (κ3) is 3.90. The molecule has 19 heavy (non-hydrogen) atoms. The molecule has 2 aromatic rings. The Balaban J connectivity index is 1.92. The standard InChI is InChI=1S/C17H20FN/c1-13(15-7-4-3-5-8-15)12-19-14(2)16-9-6-10-17(18)11-16/h3-11,13-14,19H,12H2,1-2H3/t13?,14-/m0/s1. The molecule has 0 bridgehead atoms. The third-order valence-electron chi connectivity index (χ3n) is 3.45. The Hall–Kier alpha value is -1.67. The summed E-state index contributed by atoms with van der Waals surface area (Å²) in [4.78, 5) is 0. The summed E-state index contributed by atoms with van der Waals surface area (Å²) in [6, 6.07) is 17.3. The number of benzene rings is 2. The van der Waals surface area contributed by atoms with Gasteiger partial charge in [0.2, 0.25) is 0 Å². The van der Waals surface area contributed by atoms with E-state index in [1.165, 1.54) is 11.6 Å². The van der Waals surface area contributed by atoms with Crippen molar-refractivity contribution in [1.82, 2.24) is 5.32 Å². The maximum Gasteiger partial charge on any atom is 0.123 e. The summed E-state index contributed by atoms with van der Waals surface area (Å²) < 4.78 is 13.2. The molecule has 1 N–H and O–H groups in total. The van der Waals surface area contributed by atoms with Crippen molar-refractivity contribution in [1.29, 1.82) is 0 Å². The molecule has 0 aliphatic heterocycles. The van der Waals surface area contributed by atoms with Crippen LogP contribution in [-0.4, -0.2) is 6.54 Å². The normalized spacial score (nSPS) is 14.1. The van der Waals surface area contributed by atoms with Crippen LogP contribution < -0.4 is 5.32 Å². The molecule has 0 amide bonds. The summed E-state index contributed by atoms with van der Waals surface area (Å²) in [5, 5.41) is 3.46. The van der Waals surface area contributed by atoms with Crippen LogP contribution in [0.5, 0.6) is 0 Å². The predicted molar refractivity (Wildman–Crippen MR) is 77.7 cm³/mol. The molecule has 2 heteroatoms. The van der Waals surface area contributed by atoms with Gasteiger partial charge in [-0.2, -0.15) is 0 Å². The molecule has 0 spiro atoms. The Morgan fingerprint density at radius 2 is 1.63 bits per heavy atom. The zero-order valence-corrected chi connectivity index (χ0v) is 11.4. The number of halogens is 1. The van der Waals surface area contributed by atoms with Gasteiger partial charge < -0.3 is 5.32 Å². The first-order valence-electron chi connectivity index (χ1n) is 6.70. The van der Waals surface area contributed by atoms with E-state index in [0.717, 1.165) is 12.1 Å². The van der Waals surface area contributed by atoms with Gasteiger partial charge in [-0.25, -0.2) is 4.39 Å². The molecule has 2 atom stereocenters. The molecule has 0 radical (unpaired) electrons. The average molecular weight is 257 g/mol. The summed E-state index contributed by atoms with van der Waals surface area (Å²) in [7, 11) is 0. The molecule has 0 fully saturated rings. The summed E-state index contributed by atoms with van der Waals surface area (Å²) in [6.45, 7) is 5.13. The topological polar surface area (TPSA) is 12.0 Å². The lowest BCUT2D eigenvalue weighted by Crippen LogP contribution is -2.23. The number of hydrogen-bond acceptors (Lipinski definition) is 1. The summed E-state index contributed by atoms with van der Waals surface area (Å²) in [5.74, 6) is 0.263. The van der Waals surface area contributed by atoms with Gasteiger partial charge in [-0.05, 0) is 36.1 Å². The van der Waals surface area contributed by atoms with E-state index in [2.05, 4.69) is 43.4 Å². The smallest absolute Gasteiger partial charge is 0.123 e. The van der Waals surface area contributed by atoms with E-state index in [4.69, 9.17) is 0 Å². The second-order valence-electron chi connectivity index (χ2n) is 5.00. The zero-order chi connectivity index (χ0) is 13.7. The van der Waals surface area contributed by atoms with Crippen LogP contribution in [0.15, 0.2) is 54.6 Å². The Morgan fingerprint density at radius 1 is 0.947 bits per heavy atom. The van der Waals surface area contributed by atoms with Crippen molar-refractivity contribution in [2.45, 2.75) is 25.8 Å². The second-order valence-corrected chi connectivity index (χ2v) is 5.00. The van der Waals surface area contributed by atoms with Gasteiger partial charge in [-0.15, -0.1) is 0 Å². The van der Waals surface area contributed by atoms with Crippen molar-refractivity contribution in [3.8, 4) is 0 Å². The summed E-state index contributed by atoms with van der Waals surface area (Å²) >= 11 is 0. The van der Waals surface area contributed by atoms with Crippen LogP contribution in [0.3, 0.4) is 0 Å². The maximum absolute atomic E-state index is 13.2. The average Bonchev–Trinajstić information content (AvgIpc) is 2.45. The minimum absolute atomic E-state index is 0.155. The van der Waals surface area contributed by atoms with Crippen molar-refractivity contribution in [2.75, 3.05) is 6.54 Å². The van der Waals surface area contributed by atoms with Gasteiger partial charge in [0.25, 0.3) is 0 Å². The fourth-order valence-electron chi connectivity index (χ4n) is 2.15. The minimum Gasteiger partial charge on any atom is -0.310 e. The van der Waals surface area contributed by atoms with E-state index < -0.39 is 0 Å². The quantitative estimate of drug-likeness (QED) is 0.843. The molecule has 1 nitrogen and oxygen atoms in total. The zero-order valence-electron chi connectivity index (χ0n) is 11.4. The summed E-state index contributed by atoms with van der Waals surface area (Å²) in [5.41, 5.74) is 2.31. The van der Waals surface area contributed by atoms with E-state index >= 15 is 0 Å². The van der Waals surface area contributed by atoms with Gasteiger partial charge in [0.1, 0.15) is 5.82 Å². The van der Waals surface area contributed by atoms with Crippen LogP contribution in [0.1, 0.15) is 36.9 Å². The third-order valence-corrected chi connectivity index (χ3v) is 3.45. The van der Waals surface area contributed by atoms with Crippen LogP contribution >= 0.6 is 0 Å². The Labute approximate surface area is 114 Å². The van der Waals surface area contributed by atoms with E-state index in [1.54, 1.807) is 12.1 Å². The van der Waals surface area contributed by atoms with Crippen molar-refractivity contribution in [3.05, 3.63) is 71.5 Å². The molecule has 2 aromatic carbocycles. The maximum atomic E-state index is 13.2. The molecule has 0 aliphatic rings. The minimum atomic E-state index is -0.178. The number of nitrogens with one attached hydrogen (secondary N) is 1. The van der Waals surface area contributed by atoms with E-state index in [-0.39, 0.29) is 11.9 Å². The highest BCUT2D eigenvalue weighted by Gasteiger charge is 2.09. The predicted octanol–water partition coefficient (Wildman–Crippen LogP) is 4.28. The van der Waals surface area contributed by atoms with Crippen LogP contribution in [0.4, 0.5) is 4.39 Å². The van der Waals surface area contributed by atoms with Crippen LogP contribution in [0.25, 0.3) is 0 Å². The van der Waals surface area contributed by atoms with Gasteiger partial charge in [-0.3, -0.25) is 0 Å². The highest BCUT2D eigenvalue weighted by atomic mass is 19.1. The van der Waals surface area contributed by atoms with Gasteiger partial charge in [-0.1, -0.05) is 49.4 Å². The van der Waals surface area contributed by atoms with E-state index in [0.29, 0.717) is 5.92 Å². The highest BCUT2D eigenvalue weighted by molar-refractivity contribution is 5.21. The Morgan fingerprint density at radius 3 is 2.32 bits per heavy atom. The fraction of sp³-hybridized carbons (Fsp3) is 0.294. The van der Waals surface area contributed by atoms with Gasteiger partial charge in [0.15, 0.2) is 0 Å². The Bertz CT molecular complexity index is 510. The largest absolute Gasteiger partial charge is 0.310 e. The first-order valence-corrected chi connectivity index (χ1v) is 6.70. The molecule has 0 heterocycles. The Kier molecular flexibility index (Phi) is 4.69. The van der Waals surface area contributed by atoms with Gasteiger partial charge >= 0.3 is 0 Å². The summed E-state index contributed by atoms with van der Waals surface area (Å²) in [6.07, 6.45) is 0. The molecule has 0 saturated carbocycles. The van der Waals surface area contributed by atoms with Crippen LogP contribution in [0.2, 0.25) is 0 Å². The molecular weight excluding hydrogens is 237 g/mol. The molecule has 0 saturated heterocycles.